The average molecular weight is 991 g/mol. The molecule has 6 aliphatic heterocycles. The molecule has 31 nitrogen and oxygen atoms in total. The molecule has 1 unspecified atom stereocenters. The number of aliphatic hydroxyl groups excluding tert-OH is 20. The van der Waals surface area contributed by atoms with E-state index in [2.05, 4.69) is 0 Å². The first kappa shape index (κ1) is 55.1. The molecule has 6 saturated heterocycles. The summed E-state index contributed by atoms with van der Waals surface area (Å²) in [6, 6.07) is 0. The molecule has 6 rings (SSSR count). The Bertz CT molecular complexity index is 1510. The molecule has 0 aliphatic carbocycles. The third kappa shape index (κ3) is 11.4. The van der Waals surface area contributed by atoms with Crippen LogP contribution in [0.1, 0.15) is 0 Å². The van der Waals surface area contributed by atoms with Crippen molar-refractivity contribution in [3.8, 4) is 0 Å². The number of hydrogen-bond donors (Lipinski definition) is 20. The second kappa shape index (κ2) is 23.5. The van der Waals surface area contributed by atoms with E-state index in [-0.39, 0.29) is 0 Å². The first-order valence-electron chi connectivity index (χ1n) is 21.1. The van der Waals surface area contributed by atoms with Crippen molar-refractivity contribution in [3.05, 3.63) is 0 Å². The molecule has 0 saturated carbocycles. The molecule has 0 aromatic carbocycles. The largest absolute Gasteiger partial charge is 0.394 e. The highest BCUT2D eigenvalue weighted by Gasteiger charge is 2.57. The molecule has 6 heterocycles. The van der Waals surface area contributed by atoms with Gasteiger partial charge >= 0.3 is 0 Å². The fourth-order valence-corrected chi connectivity index (χ4v) is 8.36. The average Bonchev–Trinajstić information content (AvgIpc) is 3.31. The molecule has 0 aromatic heterocycles. The van der Waals surface area contributed by atoms with Gasteiger partial charge in [0.15, 0.2) is 37.7 Å². The van der Waals surface area contributed by atoms with Gasteiger partial charge in [-0.2, -0.15) is 0 Å². The second-order valence-corrected chi connectivity index (χ2v) is 16.8. The maximum Gasteiger partial charge on any atom is 0.187 e. The van der Waals surface area contributed by atoms with Crippen LogP contribution in [-0.2, 0) is 52.1 Å². The molecule has 67 heavy (non-hydrogen) atoms. The van der Waals surface area contributed by atoms with Crippen LogP contribution in [0.4, 0.5) is 0 Å². The van der Waals surface area contributed by atoms with Gasteiger partial charge in [-0.3, -0.25) is 0 Å². The van der Waals surface area contributed by atoms with Crippen LogP contribution in [0.3, 0.4) is 0 Å². The van der Waals surface area contributed by atoms with Gasteiger partial charge in [-0.25, -0.2) is 0 Å². The van der Waals surface area contributed by atoms with Gasteiger partial charge in [-0.05, 0) is 0 Å². The minimum Gasteiger partial charge on any atom is -0.394 e. The zero-order chi connectivity index (χ0) is 49.3. The summed E-state index contributed by atoms with van der Waals surface area (Å²) in [6.07, 6.45) is -58.2. The first-order chi connectivity index (χ1) is 31.7. The number of rotatable bonds is 16. The molecule has 0 aromatic rings. The molecule has 31 heteroatoms. The Labute approximate surface area is 378 Å². The highest BCUT2D eigenvalue weighted by molar-refractivity contribution is 4.99. The van der Waals surface area contributed by atoms with Crippen molar-refractivity contribution in [3.63, 3.8) is 0 Å². The summed E-state index contributed by atoms with van der Waals surface area (Å²) >= 11 is 0. The molecule has 0 spiro atoms. The zero-order valence-corrected chi connectivity index (χ0v) is 35.0. The van der Waals surface area contributed by atoms with E-state index in [4.69, 9.17) is 52.1 Å². The van der Waals surface area contributed by atoms with Crippen molar-refractivity contribution < 1.29 is 154 Å². The molecular formula is C36H62O31. The number of hydrogen-bond acceptors (Lipinski definition) is 31. The van der Waals surface area contributed by atoms with Gasteiger partial charge < -0.3 is 154 Å². The molecule has 0 amide bonds. The van der Waals surface area contributed by atoms with Crippen molar-refractivity contribution >= 4 is 0 Å². The summed E-state index contributed by atoms with van der Waals surface area (Å²) in [5, 5.41) is 210. The van der Waals surface area contributed by atoms with Crippen LogP contribution in [0.5, 0.6) is 0 Å². The maximum atomic E-state index is 11.5. The summed E-state index contributed by atoms with van der Waals surface area (Å²) in [5.41, 5.74) is 0. The SMILES string of the molecule is OC[C@H]1O[C@H](O[C@@H]2[C@H](O)[C@@H](OC[C@H]3OC(O)[C@@H](O)[C@@H](O[C@H]4O[C@H](CO)[C@@H](O)[C@H](O)[C@@H]4O[C@H]4O[C@H](CO)[C@@H](O)[C@H](O)[C@@H]4O[C@H]4O[C@H](CO)[C@@H](O)[C@H](O)[C@@H]4O)[C@@H]3O)O[C@H](CO)[C@H]2O)[C@@H](O)[C@@H](O)[C@@H]1O. The van der Waals surface area contributed by atoms with Gasteiger partial charge in [0.05, 0.1) is 39.6 Å². The Morgan fingerprint density at radius 3 is 1.00 bits per heavy atom. The Hall–Kier alpha value is -1.24. The predicted octanol–water partition coefficient (Wildman–Crippen LogP) is -14.1. The van der Waals surface area contributed by atoms with Gasteiger partial charge in [0.2, 0.25) is 0 Å². The number of aliphatic hydroxyl groups is 20. The second-order valence-electron chi connectivity index (χ2n) is 16.8. The van der Waals surface area contributed by atoms with E-state index in [9.17, 15) is 102 Å². The van der Waals surface area contributed by atoms with Crippen LogP contribution in [0.25, 0.3) is 0 Å². The number of ether oxygens (including phenoxy) is 11. The maximum absolute atomic E-state index is 11.5. The highest BCUT2D eigenvalue weighted by Crippen LogP contribution is 2.36. The smallest absolute Gasteiger partial charge is 0.187 e. The van der Waals surface area contributed by atoms with E-state index >= 15 is 0 Å². The fraction of sp³-hybridized carbons (Fsp3) is 1.00. The summed E-state index contributed by atoms with van der Waals surface area (Å²) < 4.78 is 61.1. The standard InChI is InChI=1S/C36H62O31/c37-1-7-13(42)19(48)23(52)33(60-7)64-28-17(46)11(5-41)59-32(26(28)55)57-6-12-18(47)27(25(54)31(56)58-12)65-35-30(22(51)16(45)9(3-39)62-35)67-36-29(21(50)15(44)10(4-40)63-36)66-34-24(53)20(49)14(43)8(2-38)61-34/h7-56H,1-6H2/t7-,8-,9-,10-,11-,12-,13-,14-,15-,16-,17-,18-,19+,20+,21+,22+,23+,24+,25+,26+,27+,28+,29+,30+,31?,32+,33-,34-,35-,36-/m1/s1. The molecule has 392 valence electrons. The first-order valence-corrected chi connectivity index (χ1v) is 21.1. The third-order valence-electron chi connectivity index (χ3n) is 12.4. The Morgan fingerprint density at radius 1 is 0.254 bits per heavy atom. The Kier molecular flexibility index (Phi) is 19.4. The van der Waals surface area contributed by atoms with Crippen molar-refractivity contribution in [1.82, 2.24) is 0 Å². The van der Waals surface area contributed by atoms with Gasteiger partial charge in [-0.15, -0.1) is 0 Å². The van der Waals surface area contributed by atoms with Crippen LogP contribution in [0.15, 0.2) is 0 Å². The van der Waals surface area contributed by atoms with Crippen molar-refractivity contribution in [2.24, 2.45) is 0 Å². The van der Waals surface area contributed by atoms with E-state index in [0.717, 1.165) is 0 Å². The monoisotopic (exact) mass is 990 g/mol. The normalized spacial score (nSPS) is 53.4. The molecule has 20 N–H and O–H groups in total. The molecule has 30 atom stereocenters. The van der Waals surface area contributed by atoms with E-state index in [1.807, 2.05) is 0 Å². The van der Waals surface area contributed by atoms with Gasteiger partial charge in [0.1, 0.15) is 146 Å². The van der Waals surface area contributed by atoms with Crippen LogP contribution in [0, 0.1) is 0 Å². The molecule has 0 bridgehead atoms. The lowest BCUT2D eigenvalue weighted by Gasteiger charge is -2.49. The lowest BCUT2D eigenvalue weighted by atomic mass is 9.95. The minimum atomic E-state index is -2.24. The summed E-state index contributed by atoms with van der Waals surface area (Å²) in [6.45, 7) is -5.57. The Balaban J connectivity index is 1.19. The van der Waals surface area contributed by atoms with Crippen molar-refractivity contribution in [2.45, 2.75) is 184 Å². The van der Waals surface area contributed by atoms with Gasteiger partial charge in [-0.1, -0.05) is 0 Å². The van der Waals surface area contributed by atoms with Crippen LogP contribution in [-0.4, -0.2) is 326 Å². The van der Waals surface area contributed by atoms with Crippen molar-refractivity contribution in [2.75, 3.05) is 39.6 Å². The van der Waals surface area contributed by atoms with E-state index in [1.165, 1.54) is 0 Å². The van der Waals surface area contributed by atoms with Gasteiger partial charge in [0.25, 0.3) is 0 Å². The summed E-state index contributed by atoms with van der Waals surface area (Å²) in [5.74, 6) is 0. The Morgan fingerprint density at radius 2 is 0.567 bits per heavy atom. The van der Waals surface area contributed by atoms with Crippen LogP contribution in [0.2, 0.25) is 0 Å². The highest BCUT2D eigenvalue weighted by atomic mass is 16.8. The zero-order valence-electron chi connectivity index (χ0n) is 35.0. The van der Waals surface area contributed by atoms with Crippen molar-refractivity contribution in [1.29, 1.82) is 0 Å². The molecule has 0 radical (unpaired) electrons. The predicted molar refractivity (Wildman–Crippen MR) is 199 cm³/mol. The summed E-state index contributed by atoms with van der Waals surface area (Å²) in [7, 11) is 0. The molecule has 6 fully saturated rings. The lowest BCUT2D eigenvalue weighted by Crippen LogP contribution is -2.68. The quantitative estimate of drug-likeness (QED) is 0.0683. The molecule has 6 aliphatic rings. The topological polar surface area (TPSA) is 506 Å². The third-order valence-corrected chi connectivity index (χ3v) is 12.4. The van der Waals surface area contributed by atoms with Crippen LogP contribution >= 0.6 is 0 Å². The van der Waals surface area contributed by atoms with Gasteiger partial charge in [0, 0.05) is 0 Å². The lowest BCUT2D eigenvalue weighted by molar-refractivity contribution is -0.403. The molecular weight excluding hydrogens is 928 g/mol. The van der Waals surface area contributed by atoms with Crippen LogP contribution < -0.4 is 0 Å². The van der Waals surface area contributed by atoms with E-state index < -0.39 is 224 Å². The fourth-order valence-electron chi connectivity index (χ4n) is 8.36. The minimum absolute atomic E-state index is 0.853. The summed E-state index contributed by atoms with van der Waals surface area (Å²) in [4.78, 5) is 0. The van der Waals surface area contributed by atoms with E-state index in [1.54, 1.807) is 0 Å². The van der Waals surface area contributed by atoms with E-state index in [0.29, 0.717) is 0 Å².